The van der Waals surface area contributed by atoms with Crippen LogP contribution < -0.4 is 0 Å². The van der Waals surface area contributed by atoms with Gasteiger partial charge in [-0.2, -0.15) is 92.2 Å². The van der Waals surface area contributed by atoms with E-state index in [2.05, 4.69) is 18.2 Å². The fraction of sp³-hybridized carbons (Fsp3) is 0.909. The molecule has 3 saturated heterocycles. The van der Waals surface area contributed by atoms with Crippen LogP contribution in [0.15, 0.2) is 12.7 Å². The second-order valence-electron chi connectivity index (χ2n) is 9.80. The summed E-state index contributed by atoms with van der Waals surface area (Å²) in [6.45, 7) is 6.74. The maximum atomic E-state index is 13.5. The summed E-state index contributed by atoms with van der Waals surface area (Å²) < 4.78 is 288. The average Bonchev–Trinajstić information content (AvgIpc) is 3.71. The standard InChI is InChI=1S/C13H5F21O.C5H8O.C4H8O/c14-4(15,1-3-2-35-3)5(16,17)6(18,19)7(20,21)8(22,23)9(24,25)10(26,27)11(28,29)12(30,31)13(32,33)34;1-2-3-5-4-6-5;1-2-4-3-5-4/h3H,1-2H2;2,5H,1,3-4H2;4H,2-3H2,1H3. The molecular weight excluding hydrogens is 711 g/mol. The van der Waals surface area contributed by atoms with Crippen LogP contribution in [0.4, 0.5) is 92.2 Å². The molecule has 3 atom stereocenters. The van der Waals surface area contributed by atoms with Crippen molar-refractivity contribution in [1.29, 1.82) is 0 Å². The second-order valence-corrected chi connectivity index (χ2v) is 9.80. The Bertz CT molecular complexity index is 1030. The minimum Gasteiger partial charge on any atom is -0.373 e. The average molecular weight is 732 g/mol. The van der Waals surface area contributed by atoms with E-state index in [1.54, 1.807) is 0 Å². The Morgan fingerprint density at radius 2 is 0.761 bits per heavy atom. The number of hydrogen-bond donors (Lipinski definition) is 0. The van der Waals surface area contributed by atoms with E-state index in [1.807, 2.05) is 6.08 Å². The summed E-state index contributed by atoms with van der Waals surface area (Å²) in [5.41, 5.74) is 0. The Morgan fingerprint density at radius 1 is 0.478 bits per heavy atom. The van der Waals surface area contributed by atoms with E-state index in [0.717, 1.165) is 19.6 Å². The van der Waals surface area contributed by atoms with Gasteiger partial charge in [-0.15, -0.1) is 6.58 Å². The van der Waals surface area contributed by atoms with Crippen molar-refractivity contribution in [2.24, 2.45) is 0 Å². The number of rotatable bonds is 13. The van der Waals surface area contributed by atoms with Crippen molar-refractivity contribution in [1.82, 2.24) is 0 Å². The van der Waals surface area contributed by atoms with Gasteiger partial charge in [-0.1, -0.05) is 13.0 Å². The summed E-state index contributed by atoms with van der Waals surface area (Å²) in [6.07, 6.45) is -7.50. The van der Waals surface area contributed by atoms with Crippen LogP contribution in [0.1, 0.15) is 26.2 Å². The quantitative estimate of drug-likeness (QED) is 0.108. The number of alkyl halides is 21. The van der Waals surface area contributed by atoms with Crippen molar-refractivity contribution in [3.05, 3.63) is 12.7 Å². The van der Waals surface area contributed by atoms with Gasteiger partial charge in [0.1, 0.15) is 0 Å². The van der Waals surface area contributed by atoms with Crippen molar-refractivity contribution < 1.29 is 106 Å². The van der Waals surface area contributed by atoms with Crippen LogP contribution in [0.25, 0.3) is 0 Å². The highest BCUT2D eigenvalue weighted by molar-refractivity contribution is 5.18. The van der Waals surface area contributed by atoms with Crippen molar-refractivity contribution in [2.45, 2.75) is 104 Å². The Kier molecular flexibility index (Phi) is 11.8. The van der Waals surface area contributed by atoms with Crippen LogP contribution in [0.3, 0.4) is 0 Å². The molecule has 0 spiro atoms. The van der Waals surface area contributed by atoms with Crippen LogP contribution in [0.2, 0.25) is 0 Å². The summed E-state index contributed by atoms with van der Waals surface area (Å²) in [7, 11) is 0. The fourth-order valence-corrected chi connectivity index (χ4v) is 2.88. The predicted octanol–water partition coefficient (Wildman–Crippen LogP) is 8.81. The highest BCUT2D eigenvalue weighted by Crippen LogP contribution is 2.66. The van der Waals surface area contributed by atoms with Crippen molar-refractivity contribution in [3.63, 3.8) is 0 Å². The van der Waals surface area contributed by atoms with E-state index in [-0.39, 0.29) is 0 Å². The van der Waals surface area contributed by atoms with Gasteiger partial charge in [-0.05, 0) is 12.8 Å². The molecular formula is C22H21F21O3. The number of ether oxygens (including phenoxy) is 3. The lowest BCUT2D eigenvalue weighted by atomic mass is 9.85. The summed E-state index contributed by atoms with van der Waals surface area (Å²) in [6, 6.07) is 0. The number of epoxide rings is 3. The van der Waals surface area contributed by atoms with Gasteiger partial charge in [0.15, 0.2) is 0 Å². The molecule has 3 heterocycles. The first-order chi connectivity index (χ1) is 20.2. The third kappa shape index (κ3) is 7.41. The lowest BCUT2D eigenvalue weighted by Crippen LogP contribution is -2.76. The zero-order chi connectivity index (χ0) is 36.8. The number of hydrogen-bond acceptors (Lipinski definition) is 3. The normalized spacial score (nSPS) is 23.0. The summed E-state index contributed by atoms with van der Waals surface area (Å²) in [4.78, 5) is 0. The van der Waals surface area contributed by atoms with Gasteiger partial charge in [-0.3, -0.25) is 0 Å². The van der Waals surface area contributed by atoms with Crippen molar-refractivity contribution in [3.8, 4) is 0 Å². The molecule has 0 aromatic heterocycles. The first kappa shape index (κ1) is 42.2. The molecule has 24 heteroatoms. The molecule has 0 saturated carbocycles. The second kappa shape index (κ2) is 12.9. The Hall–Kier alpha value is -1.85. The topological polar surface area (TPSA) is 37.6 Å². The molecule has 0 N–H and O–H groups in total. The molecule has 0 aromatic rings. The molecule has 3 aliphatic rings. The molecule has 0 aromatic carbocycles. The van der Waals surface area contributed by atoms with Gasteiger partial charge in [0, 0.05) is 6.42 Å². The molecule has 3 unspecified atom stereocenters. The Morgan fingerprint density at radius 3 is 0.957 bits per heavy atom. The summed E-state index contributed by atoms with van der Waals surface area (Å²) in [5, 5.41) is 0. The first-order valence-corrected chi connectivity index (χ1v) is 12.1. The van der Waals surface area contributed by atoms with E-state index < -0.39 is 78.6 Å². The SMILES string of the molecule is C=CCC1CO1.CCC1CO1.FC(F)(F)C(F)(F)C(F)(F)C(F)(F)C(F)(F)C(F)(F)C(F)(F)C(F)(F)C(F)(F)C(F)(F)CC1CO1. The Labute approximate surface area is 244 Å². The van der Waals surface area contributed by atoms with Crippen LogP contribution in [0, 0.1) is 0 Å². The minimum absolute atomic E-state index is 0.530. The predicted molar refractivity (Wildman–Crippen MR) is 110 cm³/mol. The lowest BCUT2D eigenvalue weighted by molar-refractivity contribution is -0.474. The maximum Gasteiger partial charge on any atom is 0.460 e. The number of halogens is 21. The van der Waals surface area contributed by atoms with Crippen LogP contribution in [-0.4, -0.2) is 97.6 Å². The zero-order valence-electron chi connectivity index (χ0n) is 22.4. The van der Waals surface area contributed by atoms with Gasteiger partial charge >= 0.3 is 59.5 Å². The third-order valence-corrected chi connectivity index (χ3v) is 6.15. The molecule has 3 fully saturated rings. The van der Waals surface area contributed by atoms with Crippen LogP contribution in [0.5, 0.6) is 0 Å². The van der Waals surface area contributed by atoms with Gasteiger partial charge in [0.2, 0.25) is 0 Å². The molecule has 0 radical (unpaired) electrons. The molecule has 3 nitrogen and oxygen atoms in total. The molecule has 0 bridgehead atoms. The molecule has 0 aliphatic carbocycles. The van der Waals surface area contributed by atoms with E-state index in [1.165, 1.54) is 6.42 Å². The lowest BCUT2D eigenvalue weighted by Gasteiger charge is -2.44. The van der Waals surface area contributed by atoms with E-state index in [0.29, 0.717) is 12.2 Å². The molecule has 3 aliphatic heterocycles. The Balaban J connectivity index is 0.000000794. The van der Waals surface area contributed by atoms with Gasteiger partial charge in [0.25, 0.3) is 0 Å². The molecule has 274 valence electrons. The van der Waals surface area contributed by atoms with E-state index in [4.69, 9.17) is 9.47 Å². The van der Waals surface area contributed by atoms with Crippen molar-refractivity contribution in [2.75, 3.05) is 19.8 Å². The molecule has 0 amide bonds. The summed E-state index contributed by atoms with van der Waals surface area (Å²) in [5.74, 6) is -76.5. The highest BCUT2D eigenvalue weighted by atomic mass is 19.4. The third-order valence-electron chi connectivity index (χ3n) is 6.15. The van der Waals surface area contributed by atoms with E-state index in [9.17, 15) is 92.2 Å². The maximum absolute atomic E-state index is 13.5. The summed E-state index contributed by atoms with van der Waals surface area (Å²) >= 11 is 0. The van der Waals surface area contributed by atoms with Gasteiger partial charge < -0.3 is 14.2 Å². The molecule has 46 heavy (non-hydrogen) atoms. The van der Waals surface area contributed by atoms with Crippen LogP contribution >= 0.6 is 0 Å². The smallest absolute Gasteiger partial charge is 0.373 e. The van der Waals surface area contributed by atoms with Gasteiger partial charge in [-0.25, -0.2) is 0 Å². The van der Waals surface area contributed by atoms with Gasteiger partial charge in [0.05, 0.1) is 38.1 Å². The van der Waals surface area contributed by atoms with Crippen LogP contribution in [-0.2, 0) is 14.2 Å². The minimum atomic E-state index is -9.14. The highest BCUT2D eigenvalue weighted by Gasteiger charge is 2.97. The monoisotopic (exact) mass is 732 g/mol. The largest absolute Gasteiger partial charge is 0.460 e. The van der Waals surface area contributed by atoms with Crippen molar-refractivity contribution >= 4 is 0 Å². The first-order valence-electron chi connectivity index (χ1n) is 12.1. The van der Waals surface area contributed by atoms with E-state index >= 15 is 0 Å². The fourth-order valence-electron chi connectivity index (χ4n) is 2.88. The zero-order valence-corrected chi connectivity index (χ0v) is 22.4. The molecule has 3 rings (SSSR count).